The molecule has 0 aliphatic heterocycles. The van der Waals surface area contributed by atoms with E-state index in [0.29, 0.717) is 18.5 Å². The minimum Gasteiger partial charge on any atom is -0.325 e. The predicted octanol–water partition coefficient (Wildman–Crippen LogP) is 5.62. The number of carbonyl (C=O) groups excluding carboxylic acids is 1. The SMILES string of the molecule is Cc1ccc2nc(-c3ccc(NC(=O)CN[C@@H]4CCC[C@@H](C)[C@H]4C)cc3)sc2c1. The first-order chi connectivity index (χ1) is 14.0. The number of nitrogens with one attached hydrogen (secondary N) is 2. The summed E-state index contributed by atoms with van der Waals surface area (Å²) < 4.78 is 1.20. The summed E-state index contributed by atoms with van der Waals surface area (Å²) in [5.74, 6) is 1.36. The Bertz CT molecular complexity index is 995. The number of nitrogens with zero attached hydrogens (tertiary/aromatic N) is 1. The number of aromatic nitrogens is 1. The zero-order chi connectivity index (χ0) is 20.4. The van der Waals surface area contributed by atoms with Crippen LogP contribution in [0.3, 0.4) is 0 Å². The van der Waals surface area contributed by atoms with E-state index in [2.05, 4.69) is 49.6 Å². The topological polar surface area (TPSA) is 54.0 Å². The quantitative estimate of drug-likeness (QED) is 0.577. The average molecular weight is 408 g/mol. The first-order valence-corrected chi connectivity index (χ1v) is 11.3. The van der Waals surface area contributed by atoms with Crippen LogP contribution in [0.25, 0.3) is 20.8 Å². The van der Waals surface area contributed by atoms with Crippen molar-refractivity contribution >= 4 is 33.1 Å². The lowest BCUT2D eigenvalue weighted by atomic mass is 9.78. The molecule has 4 rings (SSSR count). The Morgan fingerprint density at radius 2 is 1.93 bits per heavy atom. The highest BCUT2D eigenvalue weighted by Gasteiger charge is 2.26. The van der Waals surface area contributed by atoms with Gasteiger partial charge in [0, 0.05) is 17.3 Å². The normalized spacial score (nSPS) is 22.0. The number of thiazole rings is 1. The number of anilines is 1. The maximum Gasteiger partial charge on any atom is 0.238 e. The molecule has 29 heavy (non-hydrogen) atoms. The number of amides is 1. The molecule has 1 heterocycles. The van der Waals surface area contributed by atoms with E-state index in [1.807, 2.05) is 24.3 Å². The second-order valence-corrected chi connectivity index (χ2v) is 9.40. The van der Waals surface area contributed by atoms with Crippen molar-refractivity contribution in [1.29, 1.82) is 0 Å². The van der Waals surface area contributed by atoms with Gasteiger partial charge in [0.15, 0.2) is 0 Å². The molecule has 1 fully saturated rings. The molecule has 3 aromatic rings. The molecule has 4 nitrogen and oxygen atoms in total. The van der Waals surface area contributed by atoms with Crippen molar-refractivity contribution in [3.05, 3.63) is 48.0 Å². The first-order valence-electron chi connectivity index (χ1n) is 10.5. The van der Waals surface area contributed by atoms with Gasteiger partial charge in [-0.2, -0.15) is 0 Å². The summed E-state index contributed by atoms with van der Waals surface area (Å²) in [7, 11) is 0. The van der Waals surface area contributed by atoms with Crippen LogP contribution in [0.1, 0.15) is 38.7 Å². The third-order valence-corrected chi connectivity index (χ3v) is 7.26. The van der Waals surface area contributed by atoms with Crippen LogP contribution in [0.4, 0.5) is 5.69 Å². The molecule has 1 aromatic heterocycles. The highest BCUT2D eigenvalue weighted by Crippen LogP contribution is 2.31. The monoisotopic (exact) mass is 407 g/mol. The van der Waals surface area contributed by atoms with E-state index in [9.17, 15) is 4.79 Å². The molecule has 1 saturated carbocycles. The van der Waals surface area contributed by atoms with Crippen LogP contribution in [0.2, 0.25) is 0 Å². The van der Waals surface area contributed by atoms with Crippen LogP contribution in [0, 0.1) is 18.8 Å². The number of hydrogen-bond donors (Lipinski definition) is 2. The predicted molar refractivity (Wildman–Crippen MR) is 122 cm³/mol. The third-order valence-electron chi connectivity index (χ3n) is 6.19. The molecule has 0 bridgehead atoms. The lowest BCUT2D eigenvalue weighted by Gasteiger charge is -2.34. The number of aryl methyl sites for hydroxylation is 1. The average Bonchev–Trinajstić information content (AvgIpc) is 3.13. The summed E-state index contributed by atoms with van der Waals surface area (Å²) in [4.78, 5) is 17.1. The maximum absolute atomic E-state index is 12.4. The summed E-state index contributed by atoms with van der Waals surface area (Å²) in [6, 6.07) is 14.7. The number of hydrogen-bond acceptors (Lipinski definition) is 4. The largest absolute Gasteiger partial charge is 0.325 e. The van der Waals surface area contributed by atoms with Gasteiger partial charge in [0.05, 0.1) is 16.8 Å². The Morgan fingerprint density at radius 1 is 1.14 bits per heavy atom. The van der Waals surface area contributed by atoms with Gasteiger partial charge in [0.2, 0.25) is 5.91 Å². The Morgan fingerprint density at radius 3 is 2.72 bits per heavy atom. The molecular formula is C24H29N3OS. The Hall–Kier alpha value is -2.24. The van der Waals surface area contributed by atoms with Crippen LogP contribution in [0.15, 0.2) is 42.5 Å². The van der Waals surface area contributed by atoms with Crippen molar-refractivity contribution in [3.8, 4) is 10.6 Å². The molecule has 1 amide bonds. The molecule has 2 aromatic carbocycles. The number of benzene rings is 2. The second kappa shape index (κ2) is 8.64. The van der Waals surface area contributed by atoms with Gasteiger partial charge in [-0.15, -0.1) is 11.3 Å². The number of rotatable bonds is 5. The van der Waals surface area contributed by atoms with Gasteiger partial charge in [-0.05, 0) is 67.1 Å². The molecule has 5 heteroatoms. The van der Waals surface area contributed by atoms with E-state index in [-0.39, 0.29) is 5.91 Å². The van der Waals surface area contributed by atoms with Crippen molar-refractivity contribution in [3.63, 3.8) is 0 Å². The van der Waals surface area contributed by atoms with Gasteiger partial charge in [0.25, 0.3) is 0 Å². The van der Waals surface area contributed by atoms with Crippen molar-refractivity contribution in [1.82, 2.24) is 10.3 Å². The standard InChI is InChI=1S/C24H29N3OS/c1-15-7-12-21-22(13-15)29-24(27-21)18-8-10-19(11-9-18)26-23(28)14-25-20-6-4-5-16(2)17(20)3/h7-13,16-17,20,25H,4-6,14H2,1-3H3,(H,26,28)/t16-,17-,20-/m1/s1. The van der Waals surface area contributed by atoms with Crippen LogP contribution in [-0.2, 0) is 4.79 Å². The summed E-state index contributed by atoms with van der Waals surface area (Å²) >= 11 is 1.70. The number of carbonyl (C=O) groups is 1. The van der Waals surface area contributed by atoms with E-state index in [4.69, 9.17) is 4.98 Å². The molecule has 1 aliphatic rings. The molecule has 0 spiro atoms. The Balaban J connectivity index is 1.35. The summed E-state index contributed by atoms with van der Waals surface area (Å²) in [5, 5.41) is 7.47. The fourth-order valence-corrected chi connectivity index (χ4v) is 5.22. The second-order valence-electron chi connectivity index (χ2n) is 8.37. The fourth-order valence-electron chi connectivity index (χ4n) is 4.15. The minimum atomic E-state index is 0.0126. The molecule has 0 radical (unpaired) electrons. The third kappa shape index (κ3) is 4.68. The van der Waals surface area contributed by atoms with E-state index in [1.54, 1.807) is 11.3 Å². The van der Waals surface area contributed by atoms with E-state index >= 15 is 0 Å². The van der Waals surface area contributed by atoms with Gasteiger partial charge in [-0.25, -0.2) is 4.98 Å². The molecule has 0 unspecified atom stereocenters. The van der Waals surface area contributed by atoms with Gasteiger partial charge < -0.3 is 10.6 Å². The summed E-state index contributed by atoms with van der Waals surface area (Å²) in [6.07, 6.45) is 3.71. The van der Waals surface area contributed by atoms with Crippen molar-refractivity contribution in [2.75, 3.05) is 11.9 Å². The smallest absolute Gasteiger partial charge is 0.238 e. The molecule has 0 saturated heterocycles. The van der Waals surface area contributed by atoms with E-state index < -0.39 is 0 Å². The minimum absolute atomic E-state index is 0.0126. The highest BCUT2D eigenvalue weighted by molar-refractivity contribution is 7.21. The lowest BCUT2D eigenvalue weighted by Crippen LogP contribution is -2.43. The maximum atomic E-state index is 12.4. The lowest BCUT2D eigenvalue weighted by molar-refractivity contribution is -0.115. The van der Waals surface area contributed by atoms with Gasteiger partial charge in [-0.1, -0.05) is 32.8 Å². The van der Waals surface area contributed by atoms with Crippen molar-refractivity contribution in [2.24, 2.45) is 11.8 Å². The molecule has 152 valence electrons. The van der Waals surface area contributed by atoms with E-state index in [1.165, 1.54) is 23.1 Å². The zero-order valence-electron chi connectivity index (χ0n) is 17.4. The molecule has 2 N–H and O–H groups in total. The molecule has 1 aliphatic carbocycles. The number of fused-ring (bicyclic) bond motifs is 1. The molecular weight excluding hydrogens is 378 g/mol. The highest BCUT2D eigenvalue weighted by atomic mass is 32.1. The van der Waals surface area contributed by atoms with Crippen LogP contribution >= 0.6 is 11.3 Å². The van der Waals surface area contributed by atoms with Gasteiger partial charge in [0.1, 0.15) is 5.01 Å². The van der Waals surface area contributed by atoms with Crippen LogP contribution in [-0.4, -0.2) is 23.5 Å². The van der Waals surface area contributed by atoms with E-state index in [0.717, 1.165) is 34.1 Å². The zero-order valence-corrected chi connectivity index (χ0v) is 18.2. The molecule has 3 atom stereocenters. The summed E-state index contributed by atoms with van der Waals surface area (Å²) in [5.41, 5.74) is 4.18. The Labute approximate surface area is 176 Å². The fraction of sp³-hybridized carbons (Fsp3) is 0.417. The van der Waals surface area contributed by atoms with Crippen molar-refractivity contribution in [2.45, 2.75) is 46.1 Å². The Kier molecular flexibility index (Phi) is 5.97. The van der Waals surface area contributed by atoms with Crippen LogP contribution in [0.5, 0.6) is 0 Å². The first kappa shape index (κ1) is 20.0. The van der Waals surface area contributed by atoms with Gasteiger partial charge in [-0.3, -0.25) is 4.79 Å². The van der Waals surface area contributed by atoms with Crippen LogP contribution < -0.4 is 10.6 Å². The summed E-state index contributed by atoms with van der Waals surface area (Å²) in [6.45, 7) is 7.07. The van der Waals surface area contributed by atoms with Gasteiger partial charge >= 0.3 is 0 Å². The van der Waals surface area contributed by atoms with Crippen molar-refractivity contribution < 1.29 is 4.79 Å².